The van der Waals surface area contributed by atoms with Crippen molar-refractivity contribution < 1.29 is 19.4 Å². The molecule has 0 radical (unpaired) electrons. The van der Waals surface area contributed by atoms with Gasteiger partial charge in [0, 0.05) is 0 Å². The molecule has 0 fully saturated rings. The van der Waals surface area contributed by atoms with Crippen molar-refractivity contribution in [1.29, 1.82) is 0 Å². The first kappa shape index (κ1) is 24.7. The average molecular weight is 655 g/mol. The lowest BCUT2D eigenvalue weighted by Crippen LogP contribution is -2.39. The highest BCUT2D eigenvalue weighted by Gasteiger charge is 2.33. The third kappa shape index (κ3) is 4.58. The van der Waals surface area contributed by atoms with Gasteiger partial charge in [-0.05, 0) is 93.8 Å². The van der Waals surface area contributed by atoms with Gasteiger partial charge < -0.3 is 14.6 Å². The van der Waals surface area contributed by atoms with Gasteiger partial charge in [0.2, 0.25) is 0 Å². The van der Waals surface area contributed by atoms with Crippen LogP contribution in [0.4, 0.5) is 0 Å². The number of carbonyl (C=O) groups is 1. The maximum atomic E-state index is 13.6. The van der Waals surface area contributed by atoms with Crippen LogP contribution < -0.4 is 19.6 Å². The second-order valence-electron chi connectivity index (χ2n) is 7.41. The van der Waals surface area contributed by atoms with Gasteiger partial charge >= 0.3 is 5.97 Å². The van der Waals surface area contributed by atoms with E-state index < -0.39 is 12.0 Å². The minimum atomic E-state index is -0.685. The Morgan fingerprint density at radius 3 is 2.65 bits per heavy atom. The SMILES string of the molecule is CCOC(=O)C1=C(C)N=c2s/c(=C/c3cc(Br)c(O)c(I)c3)c(=O)n2[C@@H]1c1ccc(OC)cc1. The molecule has 2 aromatic carbocycles. The Labute approximate surface area is 221 Å². The lowest BCUT2D eigenvalue weighted by atomic mass is 9.96. The third-order valence-electron chi connectivity index (χ3n) is 5.29. The number of fused-ring (bicyclic) bond motifs is 1. The maximum absolute atomic E-state index is 13.6. The van der Waals surface area contributed by atoms with E-state index in [2.05, 4.69) is 20.9 Å². The first-order chi connectivity index (χ1) is 16.2. The largest absolute Gasteiger partial charge is 0.506 e. The lowest BCUT2D eigenvalue weighted by Gasteiger charge is -2.24. The molecule has 1 aliphatic rings. The molecule has 1 aromatic heterocycles. The minimum absolute atomic E-state index is 0.147. The number of aromatic nitrogens is 1. The summed E-state index contributed by atoms with van der Waals surface area (Å²) >= 11 is 6.62. The fraction of sp³-hybridized carbons (Fsp3) is 0.208. The normalized spacial score (nSPS) is 15.7. The number of hydrogen-bond acceptors (Lipinski definition) is 7. The van der Waals surface area contributed by atoms with Crippen molar-refractivity contribution >= 4 is 61.9 Å². The second-order valence-corrected chi connectivity index (χ2v) is 10.4. The summed E-state index contributed by atoms with van der Waals surface area (Å²) in [7, 11) is 1.58. The van der Waals surface area contributed by atoms with Crippen molar-refractivity contribution in [2.45, 2.75) is 19.9 Å². The van der Waals surface area contributed by atoms with Gasteiger partial charge in [-0.15, -0.1) is 0 Å². The van der Waals surface area contributed by atoms with Crippen molar-refractivity contribution in [3.05, 3.63) is 86.5 Å². The molecule has 0 spiro atoms. The van der Waals surface area contributed by atoms with E-state index in [0.29, 0.717) is 34.4 Å². The van der Waals surface area contributed by atoms with Crippen LogP contribution in [0.1, 0.15) is 31.0 Å². The number of halogens is 2. The topological polar surface area (TPSA) is 90.1 Å². The molecule has 1 atom stereocenters. The van der Waals surface area contributed by atoms with Crippen LogP contribution in [0, 0.1) is 3.57 Å². The predicted octanol–water partition coefficient (Wildman–Crippen LogP) is 3.88. The van der Waals surface area contributed by atoms with Crippen molar-refractivity contribution in [2.24, 2.45) is 4.99 Å². The van der Waals surface area contributed by atoms with E-state index in [1.807, 2.05) is 34.7 Å². The molecule has 4 rings (SSSR count). The van der Waals surface area contributed by atoms with Gasteiger partial charge in [0.15, 0.2) is 4.80 Å². The summed E-state index contributed by atoms with van der Waals surface area (Å²) in [6.45, 7) is 3.70. The summed E-state index contributed by atoms with van der Waals surface area (Å²) in [6.07, 6.45) is 1.75. The van der Waals surface area contributed by atoms with Gasteiger partial charge in [-0.25, -0.2) is 9.79 Å². The monoisotopic (exact) mass is 654 g/mol. The number of carbonyl (C=O) groups excluding carboxylic acids is 1. The van der Waals surface area contributed by atoms with Crippen LogP contribution in [0.2, 0.25) is 0 Å². The molecule has 0 amide bonds. The number of thiazole rings is 1. The van der Waals surface area contributed by atoms with Gasteiger partial charge in [-0.1, -0.05) is 23.5 Å². The summed E-state index contributed by atoms with van der Waals surface area (Å²) in [5.74, 6) is 0.311. The summed E-state index contributed by atoms with van der Waals surface area (Å²) in [4.78, 5) is 31.6. The van der Waals surface area contributed by atoms with Gasteiger partial charge in [-0.2, -0.15) is 0 Å². The number of aromatic hydroxyl groups is 1. The molecular weight excluding hydrogens is 635 g/mol. The molecule has 0 unspecified atom stereocenters. The second kappa shape index (κ2) is 10.0. The van der Waals surface area contributed by atoms with Crippen LogP contribution in [0.3, 0.4) is 0 Å². The number of phenolic OH excluding ortho intramolecular Hbond substituents is 1. The van der Waals surface area contributed by atoms with Crippen LogP contribution >= 0.6 is 49.9 Å². The minimum Gasteiger partial charge on any atom is -0.506 e. The first-order valence-electron chi connectivity index (χ1n) is 10.3. The molecule has 176 valence electrons. The van der Waals surface area contributed by atoms with Gasteiger partial charge in [-0.3, -0.25) is 9.36 Å². The summed E-state index contributed by atoms with van der Waals surface area (Å²) < 4.78 is 13.8. The molecule has 0 aliphatic carbocycles. The smallest absolute Gasteiger partial charge is 0.338 e. The molecule has 7 nitrogen and oxygen atoms in total. The Hall–Kier alpha value is -2.44. The Kier molecular flexibility index (Phi) is 7.29. The zero-order chi connectivity index (χ0) is 24.6. The highest BCUT2D eigenvalue weighted by Crippen LogP contribution is 2.32. The van der Waals surface area contributed by atoms with Gasteiger partial charge in [0.25, 0.3) is 5.56 Å². The maximum Gasteiger partial charge on any atom is 0.338 e. The van der Waals surface area contributed by atoms with Crippen LogP contribution in [-0.4, -0.2) is 29.4 Å². The molecular formula is C24H20BrIN2O5S. The Morgan fingerprint density at radius 2 is 2.03 bits per heavy atom. The van der Waals surface area contributed by atoms with Crippen molar-refractivity contribution in [2.75, 3.05) is 13.7 Å². The van der Waals surface area contributed by atoms with Crippen LogP contribution in [0.15, 0.2) is 61.9 Å². The van der Waals surface area contributed by atoms with Crippen molar-refractivity contribution in [3.8, 4) is 11.5 Å². The summed E-state index contributed by atoms with van der Waals surface area (Å²) in [5, 5.41) is 10.0. The third-order valence-corrected chi connectivity index (χ3v) is 7.70. The number of benzene rings is 2. The van der Waals surface area contributed by atoms with Crippen LogP contribution in [0.25, 0.3) is 6.08 Å². The van der Waals surface area contributed by atoms with Crippen molar-refractivity contribution in [1.82, 2.24) is 4.57 Å². The van der Waals surface area contributed by atoms with E-state index in [1.165, 1.54) is 15.9 Å². The molecule has 1 aliphatic heterocycles. The zero-order valence-electron chi connectivity index (χ0n) is 18.5. The Morgan fingerprint density at radius 1 is 1.32 bits per heavy atom. The Bertz CT molecular complexity index is 1470. The van der Waals surface area contributed by atoms with E-state index in [1.54, 1.807) is 51.3 Å². The molecule has 10 heteroatoms. The van der Waals surface area contributed by atoms with Crippen LogP contribution in [-0.2, 0) is 9.53 Å². The number of allylic oxidation sites excluding steroid dienone is 1. The van der Waals surface area contributed by atoms with E-state index >= 15 is 0 Å². The predicted molar refractivity (Wildman–Crippen MR) is 142 cm³/mol. The fourth-order valence-electron chi connectivity index (χ4n) is 3.71. The number of rotatable bonds is 5. The zero-order valence-corrected chi connectivity index (χ0v) is 23.0. The molecule has 0 saturated carbocycles. The van der Waals surface area contributed by atoms with E-state index in [4.69, 9.17) is 9.47 Å². The highest BCUT2D eigenvalue weighted by atomic mass is 127. The first-order valence-corrected chi connectivity index (χ1v) is 13.0. The number of ether oxygens (including phenoxy) is 2. The number of phenols is 1. The van der Waals surface area contributed by atoms with Gasteiger partial charge in [0.1, 0.15) is 11.5 Å². The molecule has 0 saturated heterocycles. The number of hydrogen-bond donors (Lipinski definition) is 1. The quantitative estimate of drug-likeness (QED) is 0.333. The highest BCUT2D eigenvalue weighted by molar-refractivity contribution is 14.1. The average Bonchev–Trinajstić information content (AvgIpc) is 3.11. The number of esters is 1. The molecule has 3 aromatic rings. The number of nitrogens with zero attached hydrogens (tertiary/aromatic N) is 2. The summed E-state index contributed by atoms with van der Waals surface area (Å²) in [6, 6.07) is 10.1. The molecule has 2 heterocycles. The number of methoxy groups -OCH3 is 1. The lowest BCUT2D eigenvalue weighted by molar-refractivity contribution is -0.139. The van der Waals surface area contributed by atoms with E-state index in [0.717, 1.165) is 11.1 Å². The standard InChI is InChI=1S/C24H20BrIN2O5S/c1-4-33-23(31)19-12(2)27-24-28(20(19)14-5-7-15(32-3)8-6-14)22(30)18(34-24)11-13-9-16(25)21(29)17(26)10-13/h5-11,20,29H,4H2,1-3H3/b18-11+/t20-/m1/s1. The summed E-state index contributed by atoms with van der Waals surface area (Å²) in [5.41, 5.74) is 2.06. The van der Waals surface area contributed by atoms with Gasteiger partial charge in [0.05, 0.1) is 43.6 Å². The van der Waals surface area contributed by atoms with E-state index in [9.17, 15) is 14.7 Å². The molecule has 34 heavy (non-hydrogen) atoms. The fourth-order valence-corrected chi connectivity index (χ4v) is 6.26. The van der Waals surface area contributed by atoms with Crippen LogP contribution in [0.5, 0.6) is 11.5 Å². The van der Waals surface area contributed by atoms with Crippen molar-refractivity contribution in [3.63, 3.8) is 0 Å². The molecule has 0 bridgehead atoms. The molecule has 1 N–H and O–H groups in total. The Balaban J connectivity index is 1.95. The van der Waals surface area contributed by atoms with E-state index in [-0.39, 0.29) is 17.9 Å².